The van der Waals surface area contributed by atoms with Crippen LogP contribution in [-0.2, 0) is 25.7 Å². The van der Waals surface area contributed by atoms with E-state index in [1.807, 2.05) is 0 Å². The summed E-state index contributed by atoms with van der Waals surface area (Å²) in [5, 5.41) is 2.15. The van der Waals surface area contributed by atoms with Crippen LogP contribution in [0.1, 0.15) is 12.5 Å². The minimum atomic E-state index is -3.81. The Morgan fingerprint density at radius 1 is 1.39 bits per heavy atom. The predicted octanol–water partition coefficient (Wildman–Crippen LogP) is 1.40. The van der Waals surface area contributed by atoms with E-state index < -0.39 is 39.8 Å². The number of benzene rings is 1. The second-order valence-corrected chi connectivity index (χ2v) is 5.18. The van der Waals surface area contributed by atoms with Gasteiger partial charge in [0.05, 0.1) is 24.1 Å². The lowest BCUT2D eigenvalue weighted by Gasteiger charge is -2.09. The van der Waals surface area contributed by atoms with Crippen molar-refractivity contribution in [2.45, 2.75) is 13.5 Å². The van der Waals surface area contributed by atoms with Crippen LogP contribution in [0.4, 0.5) is 14.5 Å². The van der Waals surface area contributed by atoms with E-state index in [4.69, 9.17) is 0 Å². The molecule has 0 aliphatic heterocycles. The highest BCUT2D eigenvalue weighted by Crippen LogP contribution is 2.22. The summed E-state index contributed by atoms with van der Waals surface area (Å²) in [6.45, 7) is 0.388. The van der Waals surface area contributed by atoms with Crippen LogP contribution in [0.3, 0.4) is 0 Å². The summed E-state index contributed by atoms with van der Waals surface area (Å²) in [7, 11) is -3.81. The maximum Gasteiger partial charge on any atom is 0.264 e. The van der Waals surface area contributed by atoms with Crippen molar-refractivity contribution in [2.24, 2.45) is 0 Å². The minimum absolute atomic E-state index is 0.240. The van der Waals surface area contributed by atoms with Gasteiger partial charge in [-0.25, -0.2) is 8.78 Å². The Balaban J connectivity index is 3.06. The first-order valence-corrected chi connectivity index (χ1v) is 6.61. The fourth-order valence-electron chi connectivity index (χ4n) is 1.18. The third-order valence-electron chi connectivity index (χ3n) is 1.91. The lowest BCUT2D eigenvalue weighted by molar-refractivity contribution is -0.114. The van der Waals surface area contributed by atoms with Crippen molar-refractivity contribution in [3.8, 4) is 0 Å². The van der Waals surface area contributed by atoms with Crippen LogP contribution in [0, 0.1) is 11.6 Å². The lowest BCUT2D eigenvalue weighted by atomic mass is 10.2. The van der Waals surface area contributed by atoms with Gasteiger partial charge in [-0.3, -0.25) is 8.98 Å². The average molecular weight is 279 g/mol. The Bertz CT molecular complexity index is 571. The highest BCUT2D eigenvalue weighted by Gasteiger charge is 2.16. The molecule has 0 spiro atoms. The van der Waals surface area contributed by atoms with E-state index in [9.17, 15) is 22.0 Å². The van der Waals surface area contributed by atoms with Gasteiger partial charge in [-0.15, -0.1) is 0 Å². The van der Waals surface area contributed by atoms with Gasteiger partial charge in [0.1, 0.15) is 5.82 Å². The fourth-order valence-corrected chi connectivity index (χ4v) is 1.51. The molecular formula is C10H11F2NO4S. The zero-order valence-corrected chi connectivity index (χ0v) is 10.5. The molecule has 0 aromatic heterocycles. The van der Waals surface area contributed by atoms with Gasteiger partial charge in [0.2, 0.25) is 5.91 Å². The third kappa shape index (κ3) is 4.04. The smallest absolute Gasteiger partial charge is 0.264 e. The van der Waals surface area contributed by atoms with E-state index in [1.54, 1.807) is 0 Å². The molecule has 1 N–H and O–H groups in total. The zero-order valence-electron chi connectivity index (χ0n) is 9.66. The molecule has 1 aromatic carbocycles. The normalized spacial score (nSPS) is 11.3. The molecule has 0 aliphatic carbocycles. The SMILES string of the molecule is CC(=O)Nc1ccc(F)c(COS(C)(=O)=O)c1F. The van der Waals surface area contributed by atoms with Gasteiger partial charge < -0.3 is 5.32 Å². The maximum atomic E-state index is 13.7. The average Bonchev–Trinajstić information content (AvgIpc) is 2.20. The summed E-state index contributed by atoms with van der Waals surface area (Å²) in [4.78, 5) is 10.8. The molecule has 0 radical (unpaired) electrons. The minimum Gasteiger partial charge on any atom is -0.324 e. The van der Waals surface area contributed by atoms with Gasteiger partial charge in [-0.2, -0.15) is 8.42 Å². The zero-order chi connectivity index (χ0) is 13.9. The summed E-state index contributed by atoms with van der Waals surface area (Å²) >= 11 is 0. The van der Waals surface area contributed by atoms with Crippen molar-refractivity contribution in [2.75, 3.05) is 11.6 Å². The summed E-state index contributed by atoms with van der Waals surface area (Å²) < 4.78 is 52.9. The number of halogens is 2. The number of hydrogen-bond donors (Lipinski definition) is 1. The number of amides is 1. The Kier molecular flexibility index (Phi) is 4.36. The molecule has 0 heterocycles. The van der Waals surface area contributed by atoms with Gasteiger partial charge in [0.25, 0.3) is 10.1 Å². The molecule has 0 saturated heterocycles. The van der Waals surface area contributed by atoms with Crippen LogP contribution in [0.2, 0.25) is 0 Å². The Hall–Kier alpha value is -1.54. The van der Waals surface area contributed by atoms with Crippen molar-refractivity contribution in [1.29, 1.82) is 0 Å². The largest absolute Gasteiger partial charge is 0.324 e. The van der Waals surface area contributed by atoms with Gasteiger partial charge in [0, 0.05) is 6.92 Å². The molecule has 8 heteroatoms. The molecule has 5 nitrogen and oxygen atoms in total. The molecule has 0 saturated carbocycles. The molecule has 1 rings (SSSR count). The first-order valence-electron chi connectivity index (χ1n) is 4.79. The molecule has 0 atom stereocenters. The highest BCUT2D eigenvalue weighted by atomic mass is 32.2. The van der Waals surface area contributed by atoms with Crippen molar-refractivity contribution < 1.29 is 26.2 Å². The maximum absolute atomic E-state index is 13.7. The number of nitrogens with one attached hydrogen (secondary N) is 1. The van der Waals surface area contributed by atoms with Crippen LogP contribution in [0.15, 0.2) is 12.1 Å². The van der Waals surface area contributed by atoms with Crippen molar-refractivity contribution in [1.82, 2.24) is 0 Å². The number of anilines is 1. The van der Waals surface area contributed by atoms with Crippen LogP contribution in [0.5, 0.6) is 0 Å². The van der Waals surface area contributed by atoms with Crippen LogP contribution in [0.25, 0.3) is 0 Å². The van der Waals surface area contributed by atoms with E-state index >= 15 is 0 Å². The van der Waals surface area contributed by atoms with E-state index in [1.165, 1.54) is 0 Å². The highest BCUT2D eigenvalue weighted by molar-refractivity contribution is 7.85. The van der Waals surface area contributed by atoms with Crippen molar-refractivity contribution >= 4 is 21.7 Å². The monoisotopic (exact) mass is 279 g/mol. The molecule has 1 aromatic rings. The third-order valence-corrected chi connectivity index (χ3v) is 2.46. The summed E-state index contributed by atoms with van der Waals surface area (Å²) in [5.41, 5.74) is -0.803. The van der Waals surface area contributed by atoms with Gasteiger partial charge >= 0.3 is 0 Å². The van der Waals surface area contributed by atoms with Gasteiger partial charge in [0.15, 0.2) is 5.82 Å². The Labute approximate surface area is 103 Å². The number of hydrogen-bond acceptors (Lipinski definition) is 4. The molecule has 1 amide bonds. The standard InChI is InChI=1S/C10H11F2NO4S/c1-6(14)13-9-4-3-8(11)7(10(9)12)5-17-18(2,15)16/h3-4H,5H2,1-2H3,(H,13,14). The molecule has 18 heavy (non-hydrogen) atoms. The van der Waals surface area contributed by atoms with E-state index in [2.05, 4.69) is 9.50 Å². The van der Waals surface area contributed by atoms with E-state index in [-0.39, 0.29) is 5.69 Å². The first kappa shape index (κ1) is 14.5. The molecule has 100 valence electrons. The molecule has 0 bridgehead atoms. The Morgan fingerprint density at radius 2 is 2.00 bits per heavy atom. The predicted molar refractivity (Wildman–Crippen MR) is 60.3 cm³/mol. The second-order valence-electron chi connectivity index (χ2n) is 3.53. The van der Waals surface area contributed by atoms with Crippen LogP contribution >= 0.6 is 0 Å². The number of rotatable bonds is 4. The molecular weight excluding hydrogens is 268 g/mol. The van der Waals surface area contributed by atoms with E-state index in [0.717, 1.165) is 25.3 Å². The first-order chi connectivity index (χ1) is 8.20. The number of carbonyl (C=O) groups is 1. The topological polar surface area (TPSA) is 72.5 Å². The lowest BCUT2D eigenvalue weighted by Crippen LogP contribution is -2.11. The number of carbonyl (C=O) groups excluding carboxylic acids is 1. The van der Waals surface area contributed by atoms with Crippen LogP contribution < -0.4 is 5.32 Å². The van der Waals surface area contributed by atoms with E-state index in [0.29, 0.717) is 0 Å². The van der Waals surface area contributed by atoms with Crippen molar-refractivity contribution in [3.05, 3.63) is 29.3 Å². The summed E-state index contributed by atoms with van der Waals surface area (Å²) in [6.07, 6.45) is 0.764. The second kappa shape index (κ2) is 5.40. The van der Waals surface area contributed by atoms with Crippen molar-refractivity contribution in [3.63, 3.8) is 0 Å². The fraction of sp³-hybridized carbons (Fsp3) is 0.300. The summed E-state index contributed by atoms with van der Waals surface area (Å²) in [5.74, 6) is -2.55. The summed E-state index contributed by atoms with van der Waals surface area (Å²) in [6, 6.07) is 1.95. The van der Waals surface area contributed by atoms with Gasteiger partial charge in [-0.05, 0) is 12.1 Å². The van der Waals surface area contributed by atoms with Gasteiger partial charge in [-0.1, -0.05) is 0 Å². The van der Waals surface area contributed by atoms with Crippen LogP contribution in [-0.4, -0.2) is 20.6 Å². The Morgan fingerprint density at radius 3 is 2.50 bits per heavy atom. The quantitative estimate of drug-likeness (QED) is 0.846. The molecule has 0 unspecified atom stereocenters. The molecule has 0 aliphatic rings. The molecule has 0 fully saturated rings.